The molecule has 0 spiro atoms. The number of barbiturate groups is 1. The lowest BCUT2D eigenvalue weighted by Gasteiger charge is -2.57. The summed E-state index contributed by atoms with van der Waals surface area (Å²) in [4.78, 5) is 51.2. The third-order valence-corrected chi connectivity index (χ3v) is 10.7. The van der Waals surface area contributed by atoms with E-state index >= 15 is 0 Å². The highest BCUT2D eigenvalue weighted by Gasteiger charge is 2.51. The summed E-state index contributed by atoms with van der Waals surface area (Å²) in [5.74, 6) is 1.53. The van der Waals surface area contributed by atoms with E-state index in [0.717, 1.165) is 22.7 Å². The standard InChI is InChI=1S/C35H32BrN3O7/c1-45-30-14-24(29(36)15-31(30)46-19-20-3-2-4-27(12-20)39(43)44)13-28-32(40)37-34(42)38(33(28)41)26-7-5-25(6-8-26)35-16-21-9-22(17-35)11-23(10-21)18-35/h2-8,12-15,21-23H,9-11,16-19H2,1H3,(H,37,40,42)/b28-13+. The summed E-state index contributed by atoms with van der Waals surface area (Å²) in [5, 5.41) is 13.4. The van der Waals surface area contributed by atoms with Crippen LogP contribution in [0.4, 0.5) is 16.2 Å². The second-order valence-electron chi connectivity index (χ2n) is 12.9. The van der Waals surface area contributed by atoms with E-state index in [1.807, 2.05) is 12.1 Å². The maximum absolute atomic E-state index is 13.7. The first-order valence-corrected chi connectivity index (χ1v) is 16.2. The number of nitrogens with one attached hydrogen (secondary N) is 1. The van der Waals surface area contributed by atoms with Crippen LogP contribution >= 0.6 is 15.9 Å². The molecule has 8 rings (SSSR count). The number of imide groups is 2. The fraction of sp³-hybridized carbons (Fsp3) is 0.343. The van der Waals surface area contributed by atoms with Crippen molar-refractivity contribution in [1.29, 1.82) is 0 Å². The summed E-state index contributed by atoms with van der Waals surface area (Å²) in [5.41, 5.74) is 2.65. The maximum atomic E-state index is 13.7. The Bertz CT molecular complexity index is 1770. The van der Waals surface area contributed by atoms with Gasteiger partial charge >= 0.3 is 6.03 Å². The second kappa shape index (κ2) is 11.7. The number of benzene rings is 3. The van der Waals surface area contributed by atoms with Crippen molar-refractivity contribution in [3.63, 3.8) is 0 Å². The molecule has 1 heterocycles. The third-order valence-electron chi connectivity index (χ3n) is 9.98. The number of nitrogens with zero attached hydrogens (tertiary/aromatic N) is 2. The molecule has 1 N–H and O–H groups in total. The smallest absolute Gasteiger partial charge is 0.335 e. The van der Waals surface area contributed by atoms with Crippen LogP contribution in [0.1, 0.15) is 55.2 Å². The van der Waals surface area contributed by atoms with Crippen molar-refractivity contribution >= 4 is 51.2 Å². The number of amides is 4. The number of nitro benzene ring substituents is 1. The van der Waals surface area contributed by atoms with Gasteiger partial charge in [0.05, 0.1) is 17.7 Å². The largest absolute Gasteiger partial charge is 0.493 e. The molecule has 236 valence electrons. The zero-order valence-corrected chi connectivity index (χ0v) is 26.7. The quantitative estimate of drug-likeness (QED) is 0.116. The number of nitro groups is 1. The summed E-state index contributed by atoms with van der Waals surface area (Å²) in [6, 6.07) is 16.3. The molecular formula is C35H32BrN3O7. The first kappa shape index (κ1) is 30.2. The molecule has 10 nitrogen and oxygen atoms in total. The summed E-state index contributed by atoms with van der Waals surface area (Å²) in [6.45, 7) is 0.0462. The minimum Gasteiger partial charge on any atom is -0.493 e. The number of carbonyl (C=O) groups excluding carboxylic acids is 3. The summed E-state index contributed by atoms with van der Waals surface area (Å²) in [6.07, 6.45) is 9.07. The van der Waals surface area contributed by atoms with Gasteiger partial charge in [0.15, 0.2) is 11.5 Å². The molecule has 5 aliphatic rings. The zero-order chi connectivity index (χ0) is 32.2. The first-order valence-electron chi connectivity index (χ1n) is 15.4. The minimum atomic E-state index is -0.798. The Kier molecular flexibility index (Phi) is 7.67. The third kappa shape index (κ3) is 5.46. The van der Waals surface area contributed by atoms with Crippen LogP contribution in [0, 0.1) is 27.9 Å². The van der Waals surface area contributed by atoms with Crippen LogP contribution in [-0.4, -0.2) is 29.9 Å². The highest BCUT2D eigenvalue weighted by Crippen LogP contribution is 2.60. The summed E-state index contributed by atoms with van der Waals surface area (Å²) < 4.78 is 11.9. The van der Waals surface area contributed by atoms with E-state index < -0.39 is 22.8 Å². The number of carbonyl (C=O) groups is 3. The lowest BCUT2D eigenvalue weighted by atomic mass is 9.48. The maximum Gasteiger partial charge on any atom is 0.335 e. The Labute approximate surface area is 274 Å². The van der Waals surface area contributed by atoms with Crippen molar-refractivity contribution in [2.45, 2.75) is 50.5 Å². The molecule has 1 aliphatic heterocycles. The van der Waals surface area contributed by atoms with Crippen molar-refractivity contribution in [3.8, 4) is 11.5 Å². The van der Waals surface area contributed by atoms with Crippen LogP contribution < -0.4 is 19.7 Å². The molecular weight excluding hydrogens is 654 g/mol. The van der Waals surface area contributed by atoms with Crippen molar-refractivity contribution in [3.05, 3.63) is 97.5 Å². The molecule has 4 saturated carbocycles. The van der Waals surface area contributed by atoms with Gasteiger partial charge < -0.3 is 9.47 Å². The second-order valence-corrected chi connectivity index (χ2v) is 13.8. The van der Waals surface area contributed by atoms with Gasteiger partial charge in [-0.3, -0.25) is 25.0 Å². The molecule has 5 fully saturated rings. The molecule has 46 heavy (non-hydrogen) atoms. The molecule has 4 bridgehead atoms. The van der Waals surface area contributed by atoms with Gasteiger partial charge in [-0.05, 0) is 109 Å². The summed E-state index contributed by atoms with van der Waals surface area (Å²) in [7, 11) is 1.45. The van der Waals surface area contributed by atoms with Gasteiger partial charge in [-0.15, -0.1) is 0 Å². The molecule has 4 amide bonds. The average Bonchev–Trinajstić information content (AvgIpc) is 3.02. The van der Waals surface area contributed by atoms with Crippen molar-refractivity contribution in [2.24, 2.45) is 17.8 Å². The Morgan fingerprint density at radius 2 is 1.65 bits per heavy atom. The topological polar surface area (TPSA) is 128 Å². The van der Waals surface area contributed by atoms with Gasteiger partial charge in [0.2, 0.25) is 0 Å². The van der Waals surface area contributed by atoms with Crippen LogP contribution in [0.3, 0.4) is 0 Å². The monoisotopic (exact) mass is 685 g/mol. The normalized spacial score (nSPS) is 26.0. The van der Waals surface area contributed by atoms with E-state index in [9.17, 15) is 24.5 Å². The van der Waals surface area contributed by atoms with Crippen molar-refractivity contribution in [1.82, 2.24) is 5.32 Å². The number of hydrogen-bond donors (Lipinski definition) is 1. The van der Waals surface area contributed by atoms with Crippen LogP contribution in [-0.2, 0) is 21.6 Å². The van der Waals surface area contributed by atoms with Gasteiger partial charge in [-0.1, -0.05) is 40.2 Å². The highest BCUT2D eigenvalue weighted by molar-refractivity contribution is 9.10. The van der Waals surface area contributed by atoms with E-state index in [0.29, 0.717) is 32.8 Å². The van der Waals surface area contributed by atoms with E-state index in [1.165, 1.54) is 69.4 Å². The Morgan fingerprint density at radius 1 is 0.978 bits per heavy atom. The Balaban J connectivity index is 1.12. The first-order chi connectivity index (χ1) is 22.1. The van der Waals surface area contributed by atoms with Crippen LogP contribution in [0.25, 0.3) is 6.08 Å². The molecule has 0 atom stereocenters. The zero-order valence-electron chi connectivity index (χ0n) is 25.2. The number of halogens is 1. The van der Waals surface area contributed by atoms with Crippen molar-refractivity contribution in [2.75, 3.05) is 12.0 Å². The van der Waals surface area contributed by atoms with E-state index in [4.69, 9.17) is 9.47 Å². The number of hydrogen-bond acceptors (Lipinski definition) is 7. The Hall–Kier alpha value is -4.51. The molecule has 0 radical (unpaired) electrons. The fourth-order valence-corrected chi connectivity index (χ4v) is 8.77. The fourth-order valence-electron chi connectivity index (χ4n) is 8.33. The number of urea groups is 1. The lowest BCUT2D eigenvalue weighted by molar-refractivity contribution is -0.384. The van der Waals surface area contributed by atoms with Gasteiger partial charge in [-0.2, -0.15) is 0 Å². The minimum absolute atomic E-state index is 0.0438. The van der Waals surface area contributed by atoms with Gasteiger partial charge in [-0.25, -0.2) is 9.69 Å². The molecule has 0 aromatic heterocycles. The van der Waals surface area contributed by atoms with Gasteiger partial charge in [0, 0.05) is 16.6 Å². The molecule has 4 aliphatic carbocycles. The van der Waals surface area contributed by atoms with Crippen LogP contribution in [0.5, 0.6) is 11.5 Å². The molecule has 1 saturated heterocycles. The lowest BCUT2D eigenvalue weighted by Crippen LogP contribution is -2.54. The van der Waals surface area contributed by atoms with Gasteiger partial charge in [0.1, 0.15) is 12.2 Å². The SMILES string of the molecule is COc1cc(/C=C2\C(=O)NC(=O)N(c3ccc(C45CC6CC(CC(C6)C4)C5)cc3)C2=O)c(Br)cc1OCc1cccc([N+](=O)[O-])c1. The number of ether oxygens (including phenoxy) is 2. The molecule has 0 unspecified atom stereocenters. The van der Waals surface area contributed by atoms with Crippen molar-refractivity contribution < 1.29 is 28.8 Å². The number of anilines is 1. The van der Waals surface area contributed by atoms with Crippen LogP contribution in [0.15, 0.2) is 70.7 Å². The van der Waals surface area contributed by atoms with E-state index in [2.05, 4.69) is 33.4 Å². The predicted molar refractivity (Wildman–Crippen MR) is 173 cm³/mol. The summed E-state index contributed by atoms with van der Waals surface area (Å²) >= 11 is 3.49. The number of non-ortho nitro benzene ring substituents is 1. The highest BCUT2D eigenvalue weighted by atomic mass is 79.9. The predicted octanol–water partition coefficient (Wildman–Crippen LogP) is 7.08. The molecule has 11 heteroatoms. The Morgan fingerprint density at radius 3 is 2.28 bits per heavy atom. The number of methoxy groups -OCH3 is 1. The molecule has 3 aromatic carbocycles. The van der Waals surface area contributed by atoms with Gasteiger partial charge in [0.25, 0.3) is 17.5 Å². The molecule has 3 aromatic rings. The van der Waals surface area contributed by atoms with Crippen LogP contribution in [0.2, 0.25) is 0 Å². The van der Waals surface area contributed by atoms with E-state index in [1.54, 1.807) is 24.3 Å². The number of rotatable bonds is 8. The van der Waals surface area contributed by atoms with E-state index in [-0.39, 0.29) is 23.3 Å². The average molecular weight is 687 g/mol.